The highest BCUT2D eigenvalue weighted by Gasteiger charge is 2.40. The van der Waals surface area contributed by atoms with Gasteiger partial charge in [-0.25, -0.2) is 4.79 Å². The van der Waals surface area contributed by atoms with Gasteiger partial charge in [0.05, 0.1) is 5.60 Å². The Morgan fingerprint density at radius 1 is 1.13 bits per heavy atom. The number of hydrogen-bond donors (Lipinski definition) is 1. The molecule has 0 aromatic heterocycles. The maximum Gasteiger partial charge on any atom is 0.334 e. The van der Waals surface area contributed by atoms with Crippen LogP contribution in [0.1, 0.15) is 66.2 Å². The van der Waals surface area contributed by atoms with Gasteiger partial charge < -0.3 is 9.84 Å². The summed E-state index contributed by atoms with van der Waals surface area (Å²) in [4.78, 5) is 12.4. The molecule has 1 saturated heterocycles. The Labute approximate surface area is 140 Å². The first-order valence-electron chi connectivity index (χ1n) is 8.75. The van der Waals surface area contributed by atoms with Gasteiger partial charge in [-0.15, -0.1) is 0 Å². The largest absolute Gasteiger partial charge is 0.451 e. The Morgan fingerprint density at radius 3 is 2.52 bits per heavy atom. The van der Waals surface area contributed by atoms with Crippen molar-refractivity contribution in [3.63, 3.8) is 0 Å². The van der Waals surface area contributed by atoms with Gasteiger partial charge in [0, 0.05) is 5.57 Å². The molecule has 2 aliphatic heterocycles. The van der Waals surface area contributed by atoms with Crippen LogP contribution in [0.4, 0.5) is 0 Å². The lowest BCUT2D eigenvalue weighted by atomic mass is 9.80. The first-order valence-corrected chi connectivity index (χ1v) is 8.75. The predicted molar refractivity (Wildman–Crippen MR) is 93.0 cm³/mol. The lowest BCUT2D eigenvalue weighted by Gasteiger charge is -2.39. The zero-order chi connectivity index (χ0) is 17.1. The van der Waals surface area contributed by atoms with Crippen LogP contribution in [0, 0.1) is 5.92 Å². The molecule has 0 spiro atoms. The summed E-state index contributed by atoms with van der Waals surface area (Å²) >= 11 is 0. The van der Waals surface area contributed by atoms with Crippen LogP contribution in [0.3, 0.4) is 0 Å². The third kappa shape index (κ3) is 4.57. The number of hydrogen-bond acceptors (Lipinski definition) is 3. The Balaban J connectivity index is 2.35. The van der Waals surface area contributed by atoms with Crippen LogP contribution < -0.4 is 0 Å². The van der Waals surface area contributed by atoms with E-state index < -0.39 is 11.2 Å². The summed E-state index contributed by atoms with van der Waals surface area (Å²) < 4.78 is 5.84. The highest BCUT2D eigenvalue weighted by atomic mass is 16.6. The number of carbonyl (C=O) groups excluding carboxylic acids is 1. The van der Waals surface area contributed by atoms with Crippen molar-refractivity contribution in [1.29, 1.82) is 0 Å². The molecule has 1 fully saturated rings. The van der Waals surface area contributed by atoms with Crippen molar-refractivity contribution >= 4 is 5.97 Å². The number of ether oxygens (including phenoxy) is 1. The second-order valence-corrected chi connectivity index (χ2v) is 7.55. The molecule has 0 radical (unpaired) electrons. The average Bonchev–Trinajstić information content (AvgIpc) is 2.46. The normalized spacial score (nSPS) is 39.0. The van der Waals surface area contributed by atoms with Gasteiger partial charge in [-0.3, -0.25) is 0 Å². The summed E-state index contributed by atoms with van der Waals surface area (Å²) in [5, 5.41) is 10.6. The predicted octanol–water partition coefficient (Wildman–Crippen LogP) is 4.47. The molecule has 0 saturated carbocycles. The highest BCUT2D eigenvalue weighted by molar-refractivity contribution is 5.89. The molecule has 23 heavy (non-hydrogen) atoms. The molecule has 0 amide bonds. The smallest absolute Gasteiger partial charge is 0.334 e. The summed E-state index contributed by atoms with van der Waals surface area (Å²) in [5.74, 6) is -0.0250. The number of fused-ring (bicyclic) bond motifs is 9. The van der Waals surface area contributed by atoms with Crippen LogP contribution in [0.15, 0.2) is 35.5 Å². The molecule has 3 heteroatoms. The zero-order valence-corrected chi connectivity index (χ0v) is 14.9. The summed E-state index contributed by atoms with van der Waals surface area (Å²) in [7, 11) is 0. The second-order valence-electron chi connectivity index (χ2n) is 7.55. The van der Waals surface area contributed by atoms with Crippen LogP contribution in [-0.4, -0.2) is 22.3 Å². The van der Waals surface area contributed by atoms with Crippen LogP contribution in [-0.2, 0) is 9.53 Å². The van der Waals surface area contributed by atoms with Crippen LogP contribution in [0.5, 0.6) is 0 Å². The average molecular weight is 318 g/mol. The second kappa shape index (κ2) is 7.04. The minimum atomic E-state index is -0.884. The fourth-order valence-electron chi connectivity index (χ4n) is 3.21. The molecule has 3 rings (SSSR count). The summed E-state index contributed by atoms with van der Waals surface area (Å²) in [6.45, 7) is 8.06. The number of carbonyl (C=O) groups is 1. The van der Waals surface area contributed by atoms with Crippen molar-refractivity contribution < 1.29 is 14.6 Å². The maximum absolute atomic E-state index is 12.4. The van der Waals surface area contributed by atoms with Crippen molar-refractivity contribution in [2.45, 2.75) is 77.4 Å². The Kier molecular flexibility index (Phi) is 5.51. The van der Waals surface area contributed by atoms with Gasteiger partial charge in [0.1, 0.15) is 5.60 Å². The molecule has 1 N–H and O–H groups in total. The summed E-state index contributed by atoms with van der Waals surface area (Å²) in [6, 6.07) is 0. The van der Waals surface area contributed by atoms with E-state index in [0.717, 1.165) is 37.7 Å². The third-order valence-corrected chi connectivity index (χ3v) is 5.10. The van der Waals surface area contributed by atoms with Gasteiger partial charge >= 0.3 is 5.97 Å². The van der Waals surface area contributed by atoms with Gasteiger partial charge in [0.2, 0.25) is 0 Å². The number of rotatable bonds is 1. The van der Waals surface area contributed by atoms with Crippen molar-refractivity contribution in [3.8, 4) is 0 Å². The molecular formula is C20H30O3. The van der Waals surface area contributed by atoms with Crippen LogP contribution in [0.25, 0.3) is 0 Å². The maximum atomic E-state index is 12.4. The first kappa shape index (κ1) is 18.0. The van der Waals surface area contributed by atoms with Gasteiger partial charge in [-0.1, -0.05) is 37.6 Å². The molecule has 3 aliphatic rings. The fraction of sp³-hybridized carbons (Fsp3) is 0.650. The van der Waals surface area contributed by atoms with E-state index in [1.54, 1.807) is 0 Å². The van der Waals surface area contributed by atoms with E-state index in [0.29, 0.717) is 6.42 Å². The monoisotopic (exact) mass is 318 g/mol. The standard InChI is InChI=1S/C20H30O3/c1-15(2)20-12-10-17(18(21)23-20)9-5-7-16(3)8-6-11-19(4,22)13-14-20/h8-9,13-15,22H,5-7,10-12H2,1-4H3/b14-13-,16-8-,17-9+/t19-,20+/m0/s1. The van der Waals surface area contributed by atoms with Gasteiger partial charge in [-0.2, -0.15) is 0 Å². The van der Waals surface area contributed by atoms with Crippen molar-refractivity contribution in [1.82, 2.24) is 0 Å². The Hall–Kier alpha value is -1.35. The molecule has 2 heterocycles. The SMILES string of the molecule is C/C1=C/CC[C@](C)(O)/C=C\[C@@]2(C(C)C)CC/C(=C\CC1)C(=O)O2. The number of aliphatic hydroxyl groups is 1. The molecular weight excluding hydrogens is 288 g/mol. The van der Waals surface area contributed by atoms with E-state index >= 15 is 0 Å². The third-order valence-electron chi connectivity index (χ3n) is 5.10. The Bertz CT molecular complexity index is 537. The zero-order valence-electron chi connectivity index (χ0n) is 14.9. The minimum absolute atomic E-state index is 0.176. The van der Waals surface area contributed by atoms with E-state index in [1.807, 2.05) is 25.2 Å². The van der Waals surface area contributed by atoms with Gasteiger partial charge in [-0.05, 0) is 64.4 Å². The van der Waals surface area contributed by atoms with Crippen molar-refractivity contribution in [3.05, 3.63) is 35.5 Å². The molecule has 3 nitrogen and oxygen atoms in total. The minimum Gasteiger partial charge on any atom is -0.451 e. The topological polar surface area (TPSA) is 46.5 Å². The van der Waals surface area contributed by atoms with Crippen molar-refractivity contribution in [2.24, 2.45) is 5.92 Å². The quantitative estimate of drug-likeness (QED) is 0.573. The van der Waals surface area contributed by atoms with E-state index in [1.165, 1.54) is 5.57 Å². The molecule has 0 aromatic rings. The molecule has 2 bridgehead atoms. The highest BCUT2D eigenvalue weighted by Crippen LogP contribution is 2.37. The fourth-order valence-corrected chi connectivity index (χ4v) is 3.21. The molecule has 2 atom stereocenters. The molecule has 1 aliphatic carbocycles. The first-order chi connectivity index (χ1) is 10.7. The van der Waals surface area contributed by atoms with Crippen LogP contribution >= 0.6 is 0 Å². The van der Waals surface area contributed by atoms with E-state index in [4.69, 9.17) is 4.74 Å². The van der Waals surface area contributed by atoms with Gasteiger partial charge in [0.15, 0.2) is 0 Å². The molecule has 0 unspecified atom stereocenters. The summed E-state index contributed by atoms with van der Waals surface area (Å²) in [5.41, 5.74) is 0.616. The molecule has 128 valence electrons. The van der Waals surface area contributed by atoms with Crippen molar-refractivity contribution in [2.75, 3.05) is 0 Å². The lowest BCUT2D eigenvalue weighted by molar-refractivity contribution is -0.159. The van der Waals surface area contributed by atoms with E-state index in [2.05, 4.69) is 26.8 Å². The Morgan fingerprint density at radius 2 is 1.87 bits per heavy atom. The number of esters is 1. The lowest BCUT2D eigenvalue weighted by Crippen LogP contribution is -2.43. The molecule has 0 aromatic carbocycles. The number of allylic oxidation sites excluding steroid dienone is 3. The van der Waals surface area contributed by atoms with E-state index in [-0.39, 0.29) is 11.9 Å². The van der Waals surface area contributed by atoms with Gasteiger partial charge in [0.25, 0.3) is 0 Å². The van der Waals surface area contributed by atoms with E-state index in [9.17, 15) is 9.90 Å². The van der Waals surface area contributed by atoms with Crippen LogP contribution in [0.2, 0.25) is 0 Å². The summed E-state index contributed by atoms with van der Waals surface area (Å²) in [6.07, 6.45) is 12.8.